The van der Waals surface area contributed by atoms with Gasteiger partial charge < -0.3 is 14.6 Å². The van der Waals surface area contributed by atoms with E-state index in [1.165, 1.54) is 19.1 Å². The molecule has 0 radical (unpaired) electrons. The molecule has 1 N–H and O–H groups in total. The Morgan fingerprint density at radius 1 is 1.18 bits per heavy atom. The van der Waals surface area contributed by atoms with Gasteiger partial charge in [0, 0.05) is 25.9 Å². The average molecular weight is 394 g/mol. The second kappa shape index (κ2) is 8.12. The molecule has 1 amide bonds. The normalized spacial score (nSPS) is 11.5. The van der Waals surface area contributed by atoms with Crippen molar-refractivity contribution >= 4 is 23.5 Å². The molecule has 0 aliphatic rings. The molecule has 0 bridgehead atoms. The lowest BCUT2D eigenvalue weighted by molar-refractivity contribution is -0.137. The third-order valence-electron chi connectivity index (χ3n) is 3.58. The summed E-state index contributed by atoms with van der Waals surface area (Å²) < 4.78 is 43.5. The summed E-state index contributed by atoms with van der Waals surface area (Å²) in [7, 11) is 3.46. The number of hydrogen-bond acceptors (Lipinski definition) is 5. The first-order chi connectivity index (χ1) is 13.0. The van der Waals surface area contributed by atoms with Gasteiger partial charge in [-0.3, -0.25) is 9.59 Å². The van der Waals surface area contributed by atoms with Gasteiger partial charge in [-0.25, -0.2) is 4.79 Å². The van der Waals surface area contributed by atoms with Gasteiger partial charge >= 0.3 is 11.8 Å². The van der Waals surface area contributed by atoms with E-state index in [9.17, 15) is 27.6 Å². The van der Waals surface area contributed by atoms with Crippen LogP contribution in [0.4, 0.5) is 18.9 Å². The van der Waals surface area contributed by atoms with E-state index in [0.717, 1.165) is 18.2 Å². The second-order valence-corrected chi connectivity index (χ2v) is 6.09. The van der Waals surface area contributed by atoms with Crippen molar-refractivity contribution in [2.45, 2.75) is 13.1 Å². The molecule has 6 nitrogen and oxygen atoms in total. The Kier molecular flexibility index (Phi) is 6.07. The van der Waals surface area contributed by atoms with Crippen molar-refractivity contribution in [3.63, 3.8) is 0 Å². The van der Waals surface area contributed by atoms with Gasteiger partial charge in [-0.05, 0) is 37.3 Å². The van der Waals surface area contributed by atoms with Crippen LogP contribution in [0.5, 0.6) is 0 Å². The third kappa shape index (κ3) is 5.09. The average Bonchev–Trinajstić information content (AvgIpc) is 2.60. The largest absolute Gasteiger partial charge is 0.421 e. The van der Waals surface area contributed by atoms with Crippen LogP contribution in [0, 0.1) is 0 Å². The highest BCUT2D eigenvalue weighted by atomic mass is 19.4. The molecule has 0 aliphatic carbocycles. The summed E-state index contributed by atoms with van der Waals surface area (Å²) in [5.41, 5.74) is -2.55. The summed E-state index contributed by atoms with van der Waals surface area (Å²) in [6, 6.07) is 4.87. The van der Waals surface area contributed by atoms with Crippen molar-refractivity contribution < 1.29 is 27.2 Å². The first-order valence-corrected chi connectivity index (χ1v) is 8.01. The number of nitrogens with one attached hydrogen (secondary N) is 1. The summed E-state index contributed by atoms with van der Waals surface area (Å²) in [6.45, 7) is 1.25. The summed E-state index contributed by atoms with van der Waals surface area (Å²) in [6.07, 6.45) is -1.64. The molecule has 0 aliphatic heterocycles. The Labute approximate surface area is 158 Å². The standard InChI is InChI=1S/C19H17F3N2O4/c1-11(25)14-10-15(18(27)28-16(14)7-8-24(2)3)23-17(26)12-5-4-6-13(9-12)19(20,21)22/h4-10H,1-3H3,(H,23,26). The van der Waals surface area contributed by atoms with Gasteiger partial charge in [0.1, 0.15) is 11.4 Å². The van der Waals surface area contributed by atoms with Crippen LogP contribution in [0.25, 0.3) is 6.08 Å². The summed E-state index contributed by atoms with van der Waals surface area (Å²) in [5, 5.41) is 2.19. The SMILES string of the molecule is CC(=O)c1cc(NC(=O)c2cccc(C(F)(F)F)c2)c(=O)oc1C=CN(C)C. The van der Waals surface area contributed by atoms with Crippen LogP contribution in [0.15, 0.2) is 45.7 Å². The highest BCUT2D eigenvalue weighted by Crippen LogP contribution is 2.29. The number of nitrogens with zero attached hydrogens (tertiary/aromatic N) is 1. The minimum Gasteiger partial charge on any atom is -0.421 e. The molecule has 0 spiro atoms. The maximum Gasteiger partial charge on any atom is 0.416 e. The first-order valence-electron chi connectivity index (χ1n) is 8.01. The smallest absolute Gasteiger partial charge is 0.416 e. The van der Waals surface area contributed by atoms with Crippen molar-refractivity contribution in [2.75, 3.05) is 19.4 Å². The Morgan fingerprint density at radius 3 is 2.43 bits per heavy atom. The number of carbonyl (C=O) groups is 2. The van der Waals surface area contributed by atoms with Crippen LogP contribution >= 0.6 is 0 Å². The van der Waals surface area contributed by atoms with E-state index < -0.39 is 29.1 Å². The topological polar surface area (TPSA) is 79.6 Å². The van der Waals surface area contributed by atoms with Crippen molar-refractivity contribution in [3.8, 4) is 0 Å². The third-order valence-corrected chi connectivity index (χ3v) is 3.58. The van der Waals surface area contributed by atoms with Gasteiger partial charge in [0.25, 0.3) is 5.91 Å². The molecule has 148 valence electrons. The number of rotatable bonds is 5. The zero-order valence-corrected chi connectivity index (χ0v) is 15.3. The molecule has 0 saturated heterocycles. The molecule has 1 aromatic heterocycles. The molecule has 0 fully saturated rings. The molecular weight excluding hydrogens is 377 g/mol. The summed E-state index contributed by atoms with van der Waals surface area (Å²) in [5.74, 6) is -1.36. The number of carbonyl (C=O) groups excluding carboxylic acids is 2. The molecule has 1 aromatic carbocycles. The fraction of sp³-hybridized carbons (Fsp3) is 0.211. The Bertz CT molecular complexity index is 991. The number of alkyl halides is 3. The lowest BCUT2D eigenvalue weighted by Crippen LogP contribution is -2.20. The van der Waals surface area contributed by atoms with Gasteiger partial charge in [-0.15, -0.1) is 0 Å². The minimum absolute atomic E-state index is 0.00303. The van der Waals surface area contributed by atoms with Crippen LogP contribution in [0.3, 0.4) is 0 Å². The summed E-state index contributed by atoms with van der Waals surface area (Å²) >= 11 is 0. The Balaban J connectivity index is 2.39. The number of hydrogen-bond donors (Lipinski definition) is 1. The molecule has 0 unspecified atom stereocenters. The molecule has 2 aromatic rings. The van der Waals surface area contributed by atoms with Crippen LogP contribution in [0.2, 0.25) is 0 Å². The van der Waals surface area contributed by atoms with Gasteiger partial charge in [-0.1, -0.05) is 6.07 Å². The van der Waals surface area contributed by atoms with E-state index in [2.05, 4.69) is 5.32 Å². The Morgan fingerprint density at radius 2 is 1.86 bits per heavy atom. The molecule has 28 heavy (non-hydrogen) atoms. The predicted molar refractivity (Wildman–Crippen MR) is 97.1 cm³/mol. The maximum absolute atomic E-state index is 12.8. The lowest BCUT2D eigenvalue weighted by Gasteiger charge is -2.10. The van der Waals surface area contributed by atoms with E-state index in [-0.39, 0.29) is 22.6 Å². The molecule has 9 heteroatoms. The van der Waals surface area contributed by atoms with Gasteiger partial charge in [0.15, 0.2) is 5.78 Å². The number of Topliss-reactive ketones (excluding diaryl/α,β-unsaturated/α-hetero) is 1. The number of anilines is 1. The van der Waals surface area contributed by atoms with Crippen molar-refractivity contribution in [3.05, 3.63) is 69.4 Å². The fourth-order valence-corrected chi connectivity index (χ4v) is 2.22. The quantitative estimate of drug-likeness (QED) is 0.784. The zero-order valence-electron chi connectivity index (χ0n) is 15.3. The highest BCUT2D eigenvalue weighted by molar-refractivity contribution is 6.05. The Hall–Kier alpha value is -3.36. The van der Waals surface area contributed by atoms with Crippen LogP contribution < -0.4 is 10.9 Å². The van der Waals surface area contributed by atoms with Crippen LogP contribution in [-0.2, 0) is 6.18 Å². The zero-order chi connectivity index (χ0) is 21.1. The van der Waals surface area contributed by atoms with Gasteiger partial charge in [0.2, 0.25) is 0 Å². The summed E-state index contributed by atoms with van der Waals surface area (Å²) in [4.78, 5) is 37.9. The van der Waals surface area contributed by atoms with Crippen molar-refractivity contribution in [2.24, 2.45) is 0 Å². The van der Waals surface area contributed by atoms with Gasteiger partial charge in [-0.2, -0.15) is 13.2 Å². The number of ketones is 1. The van der Waals surface area contributed by atoms with Crippen molar-refractivity contribution in [1.29, 1.82) is 0 Å². The van der Waals surface area contributed by atoms with E-state index in [1.54, 1.807) is 25.2 Å². The van der Waals surface area contributed by atoms with E-state index in [1.807, 2.05) is 0 Å². The molecule has 1 heterocycles. The van der Waals surface area contributed by atoms with Crippen LogP contribution in [0.1, 0.15) is 39.0 Å². The van der Waals surface area contributed by atoms with Crippen molar-refractivity contribution in [1.82, 2.24) is 4.90 Å². The fourth-order valence-electron chi connectivity index (χ4n) is 2.22. The van der Waals surface area contributed by atoms with E-state index >= 15 is 0 Å². The maximum atomic E-state index is 12.8. The predicted octanol–water partition coefficient (Wildman–Crippen LogP) is 3.65. The number of halogens is 3. The number of amides is 1. The lowest BCUT2D eigenvalue weighted by atomic mass is 10.1. The second-order valence-electron chi connectivity index (χ2n) is 6.09. The minimum atomic E-state index is -4.61. The van der Waals surface area contributed by atoms with Gasteiger partial charge in [0.05, 0.1) is 11.1 Å². The highest BCUT2D eigenvalue weighted by Gasteiger charge is 2.31. The van der Waals surface area contributed by atoms with Crippen LogP contribution in [-0.4, -0.2) is 30.7 Å². The van der Waals surface area contributed by atoms with E-state index in [4.69, 9.17) is 4.42 Å². The molecular formula is C19H17F3N2O4. The monoisotopic (exact) mass is 394 g/mol. The van der Waals surface area contributed by atoms with E-state index in [0.29, 0.717) is 6.07 Å². The molecule has 0 saturated carbocycles. The number of benzene rings is 1. The first kappa shape index (κ1) is 20.9. The molecule has 0 atom stereocenters. The molecule has 2 rings (SSSR count).